The van der Waals surface area contributed by atoms with E-state index in [1.54, 1.807) is 6.07 Å². The highest BCUT2D eigenvalue weighted by Gasteiger charge is 2.22. The molecule has 2 nitrogen and oxygen atoms in total. The first-order valence-corrected chi connectivity index (χ1v) is 5.45. The summed E-state index contributed by atoms with van der Waals surface area (Å²) in [5, 5.41) is 9.49. The molecule has 1 fully saturated rings. The zero-order valence-corrected chi connectivity index (χ0v) is 9.32. The number of ether oxygens (including phenoxy) is 1. The number of hydrogen-bond acceptors (Lipinski definition) is 2. The lowest BCUT2D eigenvalue weighted by Gasteiger charge is -2.06. The first-order chi connectivity index (χ1) is 6.25. The predicted molar refractivity (Wildman–Crippen MR) is 59.0 cm³/mol. The summed E-state index contributed by atoms with van der Waals surface area (Å²) in [4.78, 5) is 0. The Hall–Kier alpha value is -0.450. The van der Waals surface area contributed by atoms with E-state index in [1.165, 1.54) is 12.8 Å². The van der Waals surface area contributed by atoms with Gasteiger partial charge in [0.2, 0.25) is 0 Å². The Bertz CT molecular complexity index is 308. The molecule has 1 saturated carbocycles. The Labute approximate surface area is 91.1 Å². The van der Waals surface area contributed by atoms with E-state index < -0.39 is 0 Å². The smallest absolute Gasteiger partial charge is 0.160 e. The number of phenols is 1. The number of rotatable bonds is 3. The Morgan fingerprint density at radius 1 is 1.46 bits per heavy atom. The third-order valence-electron chi connectivity index (χ3n) is 2.09. The molecule has 1 aromatic carbocycles. The first-order valence-electron chi connectivity index (χ1n) is 4.37. The van der Waals surface area contributed by atoms with E-state index in [1.807, 2.05) is 12.1 Å². The van der Waals surface area contributed by atoms with Crippen molar-refractivity contribution in [2.45, 2.75) is 12.8 Å². The van der Waals surface area contributed by atoms with Crippen LogP contribution in [0.25, 0.3) is 0 Å². The number of hydrogen-bond donors (Lipinski definition) is 1. The molecule has 0 radical (unpaired) electrons. The highest BCUT2D eigenvalue weighted by molar-refractivity contribution is 14.1. The molecular weight excluding hydrogens is 279 g/mol. The molecule has 0 amide bonds. The highest BCUT2D eigenvalue weighted by atomic mass is 127. The van der Waals surface area contributed by atoms with Gasteiger partial charge in [0.15, 0.2) is 11.5 Å². The van der Waals surface area contributed by atoms with Gasteiger partial charge in [-0.15, -0.1) is 0 Å². The van der Waals surface area contributed by atoms with Crippen LogP contribution in [-0.4, -0.2) is 11.7 Å². The van der Waals surface area contributed by atoms with Gasteiger partial charge in [-0.3, -0.25) is 0 Å². The zero-order chi connectivity index (χ0) is 9.26. The summed E-state index contributed by atoms with van der Waals surface area (Å²) in [6.07, 6.45) is 2.54. The van der Waals surface area contributed by atoms with E-state index in [-0.39, 0.29) is 5.75 Å². The topological polar surface area (TPSA) is 29.5 Å². The summed E-state index contributed by atoms with van der Waals surface area (Å²) >= 11 is 2.16. The van der Waals surface area contributed by atoms with Crippen molar-refractivity contribution in [1.82, 2.24) is 0 Å². The molecule has 2 rings (SSSR count). The van der Waals surface area contributed by atoms with Gasteiger partial charge in [0, 0.05) is 3.57 Å². The average molecular weight is 290 g/mol. The first kappa shape index (κ1) is 9.12. The van der Waals surface area contributed by atoms with E-state index in [0.717, 1.165) is 16.1 Å². The number of phenolic OH excluding ortho intramolecular Hbond substituents is 1. The van der Waals surface area contributed by atoms with Crippen LogP contribution in [0.5, 0.6) is 11.5 Å². The number of benzene rings is 1. The average Bonchev–Trinajstić information content (AvgIpc) is 2.86. The fourth-order valence-corrected chi connectivity index (χ4v) is 1.58. The minimum atomic E-state index is 0.243. The maximum atomic E-state index is 9.49. The van der Waals surface area contributed by atoms with Crippen molar-refractivity contribution in [3.05, 3.63) is 21.8 Å². The summed E-state index contributed by atoms with van der Waals surface area (Å²) in [6, 6.07) is 5.46. The van der Waals surface area contributed by atoms with Crippen LogP contribution in [0, 0.1) is 9.49 Å². The van der Waals surface area contributed by atoms with E-state index >= 15 is 0 Å². The van der Waals surface area contributed by atoms with Gasteiger partial charge < -0.3 is 9.84 Å². The van der Waals surface area contributed by atoms with Crippen molar-refractivity contribution in [1.29, 1.82) is 0 Å². The van der Waals surface area contributed by atoms with Gasteiger partial charge in [-0.1, -0.05) is 0 Å². The molecule has 0 saturated heterocycles. The van der Waals surface area contributed by atoms with Crippen LogP contribution in [0.2, 0.25) is 0 Å². The molecule has 0 aromatic heterocycles. The molecule has 0 unspecified atom stereocenters. The molecule has 70 valence electrons. The zero-order valence-electron chi connectivity index (χ0n) is 7.16. The molecule has 1 aromatic rings. The minimum Gasteiger partial charge on any atom is -0.504 e. The standard InChI is InChI=1S/C10H11IO2/c11-8-3-4-10(9(12)5-8)13-6-7-1-2-7/h3-5,7,12H,1-2,6H2. The van der Waals surface area contributed by atoms with E-state index in [2.05, 4.69) is 22.6 Å². The molecule has 1 aliphatic rings. The Balaban J connectivity index is 2.01. The summed E-state index contributed by atoms with van der Waals surface area (Å²) in [7, 11) is 0. The normalized spacial score (nSPS) is 15.8. The largest absolute Gasteiger partial charge is 0.504 e. The van der Waals surface area contributed by atoms with E-state index in [0.29, 0.717) is 5.75 Å². The summed E-state index contributed by atoms with van der Waals surface area (Å²) in [6.45, 7) is 0.744. The van der Waals surface area contributed by atoms with Crippen molar-refractivity contribution in [2.75, 3.05) is 6.61 Å². The highest BCUT2D eigenvalue weighted by Crippen LogP contribution is 2.32. The van der Waals surface area contributed by atoms with Crippen molar-refractivity contribution in [2.24, 2.45) is 5.92 Å². The van der Waals surface area contributed by atoms with Gasteiger partial charge in [0.1, 0.15) is 0 Å². The van der Waals surface area contributed by atoms with Crippen LogP contribution in [-0.2, 0) is 0 Å². The van der Waals surface area contributed by atoms with Crippen molar-refractivity contribution >= 4 is 22.6 Å². The molecule has 0 heterocycles. The third kappa shape index (κ3) is 2.49. The van der Waals surface area contributed by atoms with Crippen molar-refractivity contribution in [3.63, 3.8) is 0 Å². The molecule has 0 aliphatic heterocycles. The number of halogens is 1. The molecule has 13 heavy (non-hydrogen) atoms. The lowest BCUT2D eigenvalue weighted by Crippen LogP contribution is -1.98. The van der Waals surface area contributed by atoms with Gasteiger partial charge in [0.05, 0.1) is 6.61 Å². The quantitative estimate of drug-likeness (QED) is 0.867. The van der Waals surface area contributed by atoms with Crippen LogP contribution in [0.4, 0.5) is 0 Å². The van der Waals surface area contributed by atoms with Crippen LogP contribution >= 0.6 is 22.6 Å². The maximum absolute atomic E-state index is 9.49. The van der Waals surface area contributed by atoms with Gasteiger partial charge in [-0.2, -0.15) is 0 Å². The lowest BCUT2D eigenvalue weighted by atomic mass is 10.3. The molecule has 0 atom stereocenters. The van der Waals surface area contributed by atoms with E-state index in [9.17, 15) is 5.11 Å². The van der Waals surface area contributed by atoms with Crippen LogP contribution in [0.1, 0.15) is 12.8 Å². The van der Waals surface area contributed by atoms with E-state index in [4.69, 9.17) is 4.74 Å². The van der Waals surface area contributed by atoms with Crippen molar-refractivity contribution in [3.8, 4) is 11.5 Å². The SMILES string of the molecule is Oc1cc(I)ccc1OCC1CC1. The molecule has 3 heteroatoms. The van der Waals surface area contributed by atoms with Crippen LogP contribution < -0.4 is 4.74 Å². The second-order valence-electron chi connectivity index (χ2n) is 3.37. The summed E-state index contributed by atoms with van der Waals surface area (Å²) in [5.41, 5.74) is 0. The van der Waals surface area contributed by atoms with Gasteiger partial charge in [-0.25, -0.2) is 0 Å². The lowest BCUT2D eigenvalue weighted by molar-refractivity contribution is 0.284. The van der Waals surface area contributed by atoms with Gasteiger partial charge in [-0.05, 0) is 59.5 Å². The number of aromatic hydroxyl groups is 1. The second kappa shape index (κ2) is 3.74. The monoisotopic (exact) mass is 290 g/mol. The summed E-state index contributed by atoms with van der Waals surface area (Å²) < 4.78 is 6.48. The minimum absolute atomic E-state index is 0.243. The van der Waals surface area contributed by atoms with Crippen LogP contribution in [0.3, 0.4) is 0 Å². The fourth-order valence-electron chi connectivity index (χ4n) is 1.10. The van der Waals surface area contributed by atoms with Crippen molar-refractivity contribution < 1.29 is 9.84 Å². The summed E-state index contributed by atoms with van der Waals surface area (Å²) in [5.74, 6) is 1.57. The Morgan fingerprint density at radius 3 is 2.85 bits per heavy atom. The second-order valence-corrected chi connectivity index (χ2v) is 4.61. The molecule has 0 spiro atoms. The van der Waals surface area contributed by atoms with Crippen LogP contribution in [0.15, 0.2) is 18.2 Å². The van der Waals surface area contributed by atoms with Gasteiger partial charge >= 0.3 is 0 Å². The fraction of sp³-hybridized carbons (Fsp3) is 0.400. The van der Waals surface area contributed by atoms with Gasteiger partial charge in [0.25, 0.3) is 0 Å². The molecule has 0 bridgehead atoms. The molecule has 1 aliphatic carbocycles. The molecular formula is C10H11IO2. The predicted octanol–water partition coefficient (Wildman–Crippen LogP) is 2.79. The third-order valence-corrected chi connectivity index (χ3v) is 2.76. The maximum Gasteiger partial charge on any atom is 0.160 e. The molecule has 1 N–H and O–H groups in total. The Morgan fingerprint density at radius 2 is 2.23 bits per heavy atom. The Kier molecular flexibility index (Phi) is 2.62.